The van der Waals surface area contributed by atoms with Crippen molar-refractivity contribution in [2.24, 2.45) is 5.92 Å². The highest BCUT2D eigenvalue weighted by Crippen LogP contribution is 2.24. The summed E-state index contributed by atoms with van der Waals surface area (Å²) in [6, 6.07) is 9.52. The van der Waals surface area contributed by atoms with Crippen LogP contribution >= 0.6 is 0 Å². The molecule has 0 fully saturated rings. The van der Waals surface area contributed by atoms with Crippen LogP contribution in [0.2, 0.25) is 0 Å². The summed E-state index contributed by atoms with van der Waals surface area (Å²) in [5, 5.41) is 9.89. The van der Waals surface area contributed by atoms with Gasteiger partial charge in [-0.1, -0.05) is 37.3 Å². The smallest absolute Gasteiger partial charge is 0.0894 e. The van der Waals surface area contributed by atoms with Crippen LogP contribution in [-0.4, -0.2) is 11.8 Å². The van der Waals surface area contributed by atoms with E-state index in [1.807, 2.05) is 37.3 Å². The Balaban J connectivity index is 2.52. The number of halogens is 1. The molecule has 1 nitrogen and oxygen atoms in total. The van der Waals surface area contributed by atoms with Crippen LogP contribution in [0.15, 0.2) is 30.3 Å². The lowest BCUT2D eigenvalue weighted by Gasteiger charge is -2.18. The van der Waals surface area contributed by atoms with Gasteiger partial charge in [0.1, 0.15) is 0 Å². The molecular formula is C12H17FO. The summed E-state index contributed by atoms with van der Waals surface area (Å²) in [5.41, 5.74) is 0.916. The lowest BCUT2D eigenvalue weighted by atomic mass is 9.94. The third-order valence-electron chi connectivity index (χ3n) is 2.47. The summed E-state index contributed by atoms with van der Waals surface area (Å²) in [5.74, 6) is 0.119. The third-order valence-corrected chi connectivity index (χ3v) is 2.47. The average molecular weight is 196 g/mol. The zero-order valence-corrected chi connectivity index (χ0v) is 8.49. The number of aliphatic hydroxyl groups excluding tert-OH is 1. The number of hydrogen-bond acceptors (Lipinski definition) is 1. The fraction of sp³-hybridized carbons (Fsp3) is 0.500. The van der Waals surface area contributed by atoms with Crippen LogP contribution in [0.1, 0.15) is 31.4 Å². The Morgan fingerprint density at radius 2 is 1.93 bits per heavy atom. The van der Waals surface area contributed by atoms with Crippen molar-refractivity contribution in [3.63, 3.8) is 0 Å². The molecule has 2 heteroatoms. The first-order valence-corrected chi connectivity index (χ1v) is 5.04. The zero-order chi connectivity index (χ0) is 10.4. The topological polar surface area (TPSA) is 20.2 Å². The minimum absolute atomic E-state index is 0.119. The number of rotatable bonds is 5. The maximum absolute atomic E-state index is 11.9. The molecule has 1 aromatic rings. The zero-order valence-electron chi connectivity index (χ0n) is 8.49. The van der Waals surface area contributed by atoms with Crippen LogP contribution in [0.5, 0.6) is 0 Å². The molecular weight excluding hydrogens is 179 g/mol. The summed E-state index contributed by atoms with van der Waals surface area (Å²) in [7, 11) is 0. The Bertz CT molecular complexity index is 248. The highest BCUT2D eigenvalue weighted by Gasteiger charge is 2.15. The van der Waals surface area contributed by atoms with Gasteiger partial charge in [-0.05, 0) is 24.3 Å². The number of aliphatic hydroxyl groups is 1. The van der Waals surface area contributed by atoms with Gasteiger partial charge < -0.3 is 5.11 Å². The highest BCUT2D eigenvalue weighted by atomic mass is 19.1. The van der Waals surface area contributed by atoms with E-state index in [0.29, 0.717) is 6.42 Å². The lowest BCUT2D eigenvalue weighted by molar-refractivity contribution is 0.110. The van der Waals surface area contributed by atoms with Crippen LogP contribution in [0.4, 0.5) is 4.39 Å². The molecule has 0 bridgehead atoms. The van der Waals surface area contributed by atoms with Crippen molar-refractivity contribution in [1.29, 1.82) is 0 Å². The van der Waals surface area contributed by atoms with Gasteiger partial charge in [0.2, 0.25) is 0 Å². The van der Waals surface area contributed by atoms with E-state index in [2.05, 4.69) is 0 Å². The van der Waals surface area contributed by atoms with Gasteiger partial charge in [0.25, 0.3) is 0 Å². The predicted octanol–water partition coefficient (Wildman–Crippen LogP) is 3.11. The Morgan fingerprint density at radius 3 is 2.50 bits per heavy atom. The third kappa shape index (κ3) is 3.11. The number of hydrogen-bond donors (Lipinski definition) is 1. The van der Waals surface area contributed by atoms with Gasteiger partial charge in [0.15, 0.2) is 0 Å². The molecule has 2 unspecified atom stereocenters. The van der Waals surface area contributed by atoms with Crippen LogP contribution in [0.3, 0.4) is 0 Å². The molecule has 0 aromatic heterocycles. The molecule has 0 aliphatic carbocycles. The van der Waals surface area contributed by atoms with Crippen molar-refractivity contribution in [1.82, 2.24) is 0 Å². The minimum Gasteiger partial charge on any atom is -0.388 e. The maximum Gasteiger partial charge on any atom is 0.0894 e. The molecule has 0 amide bonds. The van der Waals surface area contributed by atoms with Gasteiger partial charge in [-0.2, -0.15) is 0 Å². The monoisotopic (exact) mass is 196 g/mol. The molecule has 1 N–H and O–H groups in total. The van der Waals surface area contributed by atoms with Crippen molar-refractivity contribution in [3.05, 3.63) is 35.9 Å². The molecule has 0 heterocycles. The summed E-state index contributed by atoms with van der Waals surface area (Å²) in [6.07, 6.45) is 0.792. The van der Waals surface area contributed by atoms with Crippen molar-refractivity contribution >= 4 is 0 Å². The molecule has 78 valence electrons. The standard InChI is InChI=1S/C12H17FO/c1-10(6-5-9-13)12(14)11-7-3-2-4-8-11/h2-4,7-8,10,12,14H,5-6,9H2,1H3. The van der Waals surface area contributed by atoms with Crippen LogP contribution < -0.4 is 0 Å². The number of benzene rings is 1. The quantitative estimate of drug-likeness (QED) is 0.767. The largest absolute Gasteiger partial charge is 0.388 e. The van der Waals surface area contributed by atoms with E-state index < -0.39 is 6.10 Å². The summed E-state index contributed by atoms with van der Waals surface area (Å²) < 4.78 is 11.9. The van der Waals surface area contributed by atoms with E-state index >= 15 is 0 Å². The molecule has 0 saturated heterocycles. The maximum atomic E-state index is 11.9. The second-order valence-electron chi connectivity index (χ2n) is 3.66. The van der Waals surface area contributed by atoms with Gasteiger partial charge in [0, 0.05) is 0 Å². The SMILES string of the molecule is CC(CCCF)C(O)c1ccccc1. The van der Waals surface area contributed by atoms with Crippen LogP contribution in [0.25, 0.3) is 0 Å². The Hall–Kier alpha value is -0.890. The molecule has 1 aromatic carbocycles. The fourth-order valence-electron chi connectivity index (χ4n) is 1.54. The Labute approximate surface area is 84.6 Å². The van der Waals surface area contributed by atoms with Crippen molar-refractivity contribution < 1.29 is 9.50 Å². The molecule has 0 aliphatic rings. The van der Waals surface area contributed by atoms with Crippen molar-refractivity contribution in [2.45, 2.75) is 25.9 Å². The molecule has 14 heavy (non-hydrogen) atoms. The fourth-order valence-corrected chi connectivity index (χ4v) is 1.54. The molecule has 2 atom stereocenters. The first-order chi connectivity index (χ1) is 6.75. The minimum atomic E-state index is -0.470. The molecule has 0 aliphatic heterocycles. The molecule has 0 spiro atoms. The molecule has 0 radical (unpaired) electrons. The van der Waals surface area contributed by atoms with Crippen LogP contribution in [-0.2, 0) is 0 Å². The van der Waals surface area contributed by atoms with E-state index in [1.165, 1.54) is 0 Å². The van der Waals surface area contributed by atoms with Gasteiger partial charge >= 0.3 is 0 Å². The molecule has 0 saturated carbocycles. The number of alkyl halides is 1. The van der Waals surface area contributed by atoms with E-state index in [1.54, 1.807) is 0 Å². The van der Waals surface area contributed by atoms with Gasteiger partial charge in [0.05, 0.1) is 12.8 Å². The Morgan fingerprint density at radius 1 is 1.29 bits per heavy atom. The first-order valence-electron chi connectivity index (χ1n) is 5.04. The lowest BCUT2D eigenvalue weighted by Crippen LogP contribution is -2.09. The summed E-state index contributed by atoms with van der Waals surface area (Å²) >= 11 is 0. The molecule has 1 rings (SSSR count). The summed E-state index contributed by atoms with van der Waals surface area (Å²) in [6.45, 7) is 1.65. The second kappa shape index (κ2) is 5.76. The van der Waals surface area contributed by atoms with Gasteiger partial charge in [-0.25, -0.2) is 0 Å². The van der Waals surface area contributed by atoms with Crippen molar-refractivity contribution in [3.8, 4) is 0 Å². The normalized spacial score (nSPS) is 15.1. The first kappa shape index (κ1) is 11.2. The average Bonchev–Trinajstić information content (AvgIpc) is 2.26. The predicted molar refractivity (Wildman–Crippen MR) is 55.8 cm³/mol. The second-order valence-corrected chi connectivity index (χ2v) is 3.66. The van der Waals surface area contributed by atoms with E-state index in [-0.39, 0.29) is 12.6 Å². The Kier molecular flexibility index (Phi) is 4.60. The van der Waals surface area contributed by atoms with Gasteiger partial charge in [-0.3, -0.25) is 4.39 Å². The van der Waals surface area contributed by atoms with Crippen molar-refractivity contribution in [2.75, 3.05) is 6.67 Å². The van der Waals surface area contributed by atoms with E-state index in [0.717, 1.165) is 12.0 Å². The van der Waals surface area contributed by atoms with Gasteiger partial charge in [-0.15, -0.1) is 0 Å². The highest BCUT2D eigenvalue weighted by molar-refractivity contribution is 5.17. The van der Waals surface area contributed by atoms with Crippen LogP contribution in [0, 0.1) is 5.92 Å². The van der Waals surface area contributed by atoms with E-state index in [9.17, 15) is 9.50 Å². The van der Waals surface area contributed by atoms with E-state index in [4.69, 9.17) is 0 Å². The summed E-state index contributed by atoms with van der Waals surface area (Å²) in [4.78, 5) is 0.